The van der Waals surface area contributed by atoms with Gasteiger partial charge < -0.3 is 15.0 Å². The van der Waals surface area contributed by atoms with E-state index in [1.807, 2.05) is 0 Å². The summed E-state index contributed by atoms with van der Waals surface area (Å²) < 4.78 is 5.08. The van der Waals surface area contributed by atoms with E-state index in [1.165, 1.54) is 0 Å². The van der Waals surface area contributed by atoms with Gasteiger partial charge in [0, 0.05) is 5.54 Å². The molecule has 1 aliphatic heterocycles. The van der Waals surface area contributed by atoms with E-state index >= 15 is 0 Å². The van der Waals surface area contributed by atoms with Gasteiger partial charge in [-0.2, -0.15) is 0 Å². The Morgan fingerprint density at radius 3 is 2.00 bits per heavy atom. The average molecular weight is 264 g/mol. The van der Waals surface area contributed by atoms with Gasteiger partial charge in [0.2, 0.25) is 0 Å². The summed E-state index contributed by atoms with van der Waals surface area (Å²) in [5.41, 5.74) is -0.817. The summed E-state index contributed by atoms with van der Waals surface area (Å²) in [5.74, 6) is 0.704. The van der Waals surface area contributed by atoms with Crippen molar-refractivity contribution in [1.82, 2.24) is 10.1 Å². The number of ether oxygens (including phenoxy) is 1. The second-order valence-corrected chi connectivity index (χ2v) is 5.92. The lowest BCUT2D eigenvalue weighted by Gasteiger charge is -2.44. The van der Waals surface area contributed by atoms with Crippen LogP contribution in [0.5, 0.6) is 5.75 Å². The molecule has 0 aliphatic carbocycles. The van der Waals surface area contributed by atoms with Crippen LogP contribution in [0, 0.1) is 5.21 Å². The van der Waals surface area contributed by atoms with Gasteiger partial charge >= 0.3 is 0 Å². The highest BCUT2D eigenvalue weighted by Gasteiger charge is 2.55. The Labute approximate surface area is 113 Å². The number of methoxy groups -OCH3 is 1. The van der Waals surface area contributed by atoms with Crippen LogP contribution in [0.15, 0.2) is 24.3 Å². The summed E-state index contributed by atoms with van der Waals surface area (Å²) in [6.07, 6.45) is -0.809. The standard InChI is InChI=1S/C14H20N2O3/c1-13(2)14(3,4)16(18)12(15(13)17)10-6-8-11(19-5)9-7-10/h6-9,12H,1-5H3/q-1. The van der Waals surface area contributed by atoms with E-state index in [-0.39, 0.29) is 0 Å². The molecule has 2 rings (SSSR count). The molecule has 5 heteroatoms. The Morgan fingerprint density at radius 2 is 1.63 bits per heavy atom. The SMILES string of the molecule is COc1ccc(C2N([O])C(C)(C)C(C)(C)N2[O-])cc1. The fourth-order valence-corrected chi connectivity index (χ4v) is 2.29. The Balaban J connectivity index is 2.39. The van der Waals surface area contributed by atoms with Gasteiger partial charge in [0.15, 0.2) is 0 Å². The molecule has 0 N–H and O–H groups in total. The van der Waals surface area contributed by atoms with E-state index in [9.17, 15) is 10.4 Å². The summed E-state index contributed by atoms with van der Waals surface area (Å²) in [7, 11) is 1.58. The van der Waals surface area contributed by atoms with Gasteiger partial charge in [-0.15, -0.1) is 10.3 Å². The largest absolute Gasteiger partial charge is 0.783 e. The molecule has 1 heterocycles. The smallest absolute Gasteiger partial charge is 0.118 e. The predicted octanol–water partition coefficient (Wildman–Crippen LogP) is 2.71. The first kappa shape index (κ1) is 14.3. The molecule has 0 amide bonds. The van der Waals surface area contributed by atoms with Gasteiger partial charge in [-0.05, 0) is 45.4 Å². The zero-order chi connectivity index (χ0) is 14.4. The lowest BCUT2D eigenvalue weighted by Crippen LogP contribution is -2.51. The van der Waals surface area contributed by atoms with Crippen molar-refractivity contribution in [3.05, 3.63) is 35.0 Å². The van der Waals surface area contributed by atoms with Crippen LogP contribution in [0.4, 0.5) is 0 Å². The summed E-state index contributed by atoms with van der Waals surface area (Å²) in [6, 6.07) is 7.04. The molecule has 105 valence electrons. The van der Waals surface area contributed by atoms with E-state index in [1.54, 1.807) is 59.1 Å². The molecule has 1 saturated heterocycles. The molecule has 5 nitrogen and oxygen atoms in total. The monoisotopic (exact) mass is 264 g/mol. The topological polar surface area (TPSA) is 58.7 Å². The number of hydrogen-bond donors (Lipinski definition) is 0. The third-order valence-electron chi connectivity index (χ3n) is 4.46. The molecule has 0 bridgehead atoms. The van der Waals surface area contributed by atoms with E-state index in [0.717, 1.165) is 10.1 Å². The number of hydrogen-bond acceptors (Lipinski definition) is 4. The summed E-state index contributed by atoms with van der Waals surface area (Å²) >= 11 is 0. The van der Waals surface area contributed by atoms with Gasteiger partial charge in [0.1, 0.15) is 11.9 Å². The van der Waals surface area contributed by atoms with Crippen molar-refractivity contribution in [3.63, 3.8) is 0 Å². The molecule has 19 heavy (non-hydrogen) atoms. The highest BCUT2D eigenvalue weighted by molar-refractivity contribution is 5.31. The molecule has 1 fully saturated rings. The van der Waals surface area contributed by atoms with Crippen molar-refractivity contribution in [2.45, 2.75) is 44.9 Å². The molecule has 0 spiro atoms. The van der Waals surface area contributed by atoms with Crippen molar-refractivity contribution in [2.24, 2.45) is 0 Å². The minimum Gasteiger partial charge on any atom is -0.783 e. The fourth-order valence-electron chi connectivity index (χ4n) is 2.29. The second kappa shape index (κ2) is 4.45. The molecule has 0 saturated carbocycles. The van der Waals surface area contributed by atoms with Crippen LogP contribution in [0.2, 0.25) is 0 Å². The van der Waals surface area contributed by atoms with Crippen molar-refractivity contribution in [1.29, 1.82) is 0 Å². The molecule has 1 aliphatic rings. The van der Waals surface area contributed by atoms with Crippen molar-refractivity contribution < 1.29 is 9.94 Å². The van der Waals surface area contributed by atoms with Crippen LogP contribution < -0.4 is 4.74 Å². The normalized spacial score (nSPS) is 26.6. The summed E-state index contributed by atoms with van der Waals surface area (Å²) in [5, 5.41) is 26.7. The Kier molecular flexibility index (Phi) is 3.35. The Morgan fingerprint density at radius 1 is 1.11 bits per heavy atom. The Bertz CT molecular complexity index is 436. The van der Waals surface area contributed by atoms with Crippen LogP contribution in [0.25, 0.3) is 0 Å². The van der Waals surface area contributed by atoms with Crippen LogP contribution in [-0.4, -0.2) is 28.3 Å². The average Bonchev–Trinajstić information content (AvgIpc) is 2.49. The molecule has 0 unspecified atom stereocenters. The van der Waals surface area contributed by atoms with Gasteiger partial charge in [0.25, 0.3) is 0 Å². The van der Waals surface area contributed by atoms with Crippen LogP contribution in [0.1, 0.15) is 39.4 Å². The molecular weight excluding hydrogens is 244 g/mol. The van der Waals surface area contributed by atoms with Crippen LogP contribution >= 0.6 is 0 Å². The van der Waals surface area contributed by atoms with Crippen molar-refractivity contribution >= 4 is 0 Å². The van der Waals surface area contributed by atoms with E-state index in [0.29, 0.717) is 11.3 Å². The molecule has 0 aromatic heterocycles. The number of rotatable bonds is 2. The molecule has 1 aromatic rings. The lowest BCUT2D eigenvalue weighted by atomic mass is 9.84. The fraction of sp³-hybridized carbons (Fsp3) is 0.571. The first-order valence-corrected chi connectivity index (χ1v) is 6.30. The first-order chi connectivity index (χ1) is 8.73. The van der Waals surface area contributed by atoms with Gasteiger partial charge in [0.05, 0.1) is 12.6 Å². The van der Waals surface area contributed by atoms with Crippen molar-refractivity contribution in [3.8, 4) is 5.75 Å². The minimum absolute atomic E-state index is 0.685. The highest BCUT2D eigenvalue weighted by Crippen LogP contribution is 2.48. The quantitative estimate of drug-likeness (QED) is 0.824. The van der Waals surface area contributed by atoms with Gasteiger partial charge in [-0.3, -0.25) is 0 Å². The molecule has 1 radical (unpaired) electrons. The minimum atomic E-state index is -0.809. The Hall–Kier alpha value is -1.14. The lowest BCUT2D eigenvalue weighted by molar-refractivity contribution is -0.232. The number of hydroxylamine groups is 4. The highest BCUT2D eigenvalue weighted by atomic mass is 16.6. The number of benzene rings is 1. The second-order valence-electron chi connectivity index (χ2n) is 5.92. The molecular formula is C14H20N2O3-. The van der Waals surface area contributed by atoms with Crippen molar-refractivity contribution in [2.75, 3.05) is 7.11 Å². The maximum absolute atomic E-state index is 12.5. The van der Waals surface area contributed by atoms with Crippen LogP contribution in [0.3, 0.4) is 0 Å². The van der Waals surface area contributed by atoms with Gasteiger partial charge in [-0.1, -0.05) is 12.1 Å². The maximum Gasteiger partial charge on any atom is 0.118 e. The van der Waals surface area contributed by atoms with E-state index < -0.39 is 17.2 Å². The zero-order valence-electron chi connectivity index (χ0n) is 12.0. The van der Waals surface area contributed by atoms with Gasteiger partial charge in [-0.25, -0.2) is 0 Å². The number of nitrogens with zero attached hydrogens (tertiary/aromatic N) is 2. The van der Waals surface area contributed by atoms with Crippen LogP contribution in [-0.2, 0) is 5.21 Å². The maximum atomic E-state index is 12.5. The zero-order valence-corrected chi connectivity index (χ0v) is 12.0. The molecule has 1 aromatic carbocycles. The summed E-state index contributed by atoms with van der Waals surface area (Å²) in [4.78, 5) is 0. The predicted molar refractivity (Wildman–Crippen MR) is 71.6 cm³/mol. The summed E-state index contributed by atoms with van der Waals surface area (Å²) in [6.45, 7) is 7.20. The van der Waals surface area contributed by atoms with E-state index in [4.69, 9.17) is 4.74 Å². The third-order valence-corrected chi connectivity index (χ3v) is 4.46. The molecule has 0 atom stereocenters. The third kappa shape index (κ3) is 1.94. The first-order valence-electron chi connectivity index (χ1n) is 6.30. The van der Waals surface area contributed by atoms with E-state index in [2.05, 4.69) is 0 Å².